The van der Waals surface area contributed by atoms with Crippen molar-refractivity contribution >= 4 is 43.4 Å². The molecule has 0 heterocycles. The van der Waals surface area contributed by atoms with Gasteiger partial charge in [-0.15, -0.1) is 24.7 Å². The van der Waals surface area contributed by atoms with Gasteiger partial charge >= 0.3 is 0 Å². The lowest BCUT2D eigenvalue weighted by Gasteiger charge is -2.31. The molecule has 2 aromatic rings. The van der Waals surface area contributed by atoms with Gasteiger partial charge in [-0.2, -0.15) is 16.8 Å². The first kappa shape index (κ1) is 54.1. The molecular formula is C47H66N6O10S2. The zero-order chi connectivity index (χ0) is 48.0. The number of nitrogens with zero attached hydrogens (tertiary/aromatic N) is 2. The summed E-state index contributed by atoms with van der Waals surface area (Å²) in [6.45, 7) is 6.26. The van der Waals surface area contributed by atoms with Gasteiger partial charge in [-0.3, -0.25) is 23.7 Å². The summed E-state index contributed by atoms with van der Waals surface area (Å²) in [6, 6.07) is 8.01. The Labute approximate surface area is 385 Å². The summed E-state index contributed by atoms with van der Waals surface area (Å²) < 4.78 is 76.4. The van der Waals surface area contributed by atoms with E-state index in [1.165, 1.54) is 0 Å². The molecule has 1 saturated carbocycles. The molecule has 0 spiro atoms. The molecule has 16 nitrogen and oxygen atoms in total. The van der Waals surface area contributed by atoms with Crippen LogP contribution in [0.25, 0.3) is 0 Å². The topological polar surface area (TPSA) is 253 Å². The smallest absolute Gasteiger partial charge is 0.264 e. The molecule has 0 aliphatic heterocycles. The molecule has 0 saturated heterocycles. The van der Waals surface area contributed by atoms with Crippen molar-refractivity contribution in [2.24, 2.45) is 16.5 Å². The van der Waals surface area contributed by atoms with Crippen molar-refractivity contribution in [3.8, 4) is 36.2 Å². The van der Waals surface area contributed by atoms with E-state index in [1.54, 1.807) is 62.4 Å². The Bertz CT molecular complexity index is 2260. The Hall–Kier alpha value is -5.21. The minimum atomic E-state index is -4.25. The minimum absolute atomic E-state index is 0.0331. The van der Waals surface area contributed by atoms with Crippen LogP contribution in [0, 0.1) is 31.6 Å². The largest absolute Gasteiger partial charge is 0.493 e. The van der Waals surface area contributed by atoms with E-state index in [9.17, 15) is 31.0 Å². The van der Waals surface area contributed by atoms with E-state index >= 15 is 0 Å². The van der Waals surface area contributed by atoms with Crippen LogP contribution in [0.15, 0.2) is 59.2 Å². The first-order chi connectivity index (χ1) is 30.8. The van der Waals surface area contributed by atoms with Crippen LogP contribution in [0.5, 0.6) is 11.5 Å². The van der Waals surface area contributed by atoms with Gasteiger partial charge in [0.05, 0.1) is 36.8 Å². The van der Waals surface area contributed by atoms with E-state index < -0.39 is 37.6 Å². The van der Waals surface area contributed by atoms with Gasteiger partial charge in [-0.05, 0) is 121 Å². The number of rotatable bonds is 27. The Balaban J connectivity index is 1.97. The van der Waals surface area contributed by atoms with Gasteiger partial charge in [0.15, 0.2) is 0 Å². The molecule has 356 valence electrons. The first-order valence-corrected chi connectivity index (χ1v) is 25.1. The molecule has 2 aromatic carbocycles. The molecule has 3 rings (SSSR count). The summed E-state index contributed by atoms with van der Waals surface area (Å²) in [4.78, 5) is 34.1. The highest BCUT2D eigenvalue weighted by Gasteiger charge is 2.27. The number of unbranched alkanes of at least 4 members (excludes halogenated alkanes) is 4. The highest BCUT2D eigenvalue weighted by atomic mass is 32.2. The van der Waals surface area contributed by atoms with Gasteiger partial charge in [0.25, 0.3) is 32.1 Å². The summed E-state index contributed by atoms with van der Waals surface area (Å²) in [5, 5.41) is 6.10. The Morgan fingerprint density at radius 3 is 2.03 bits per heavy atom. The number of carbonyl (C=O) groups is 2. The lowest BCUT2D eigenvalue weighted by molar-refractivity contribution is 0.0918. The number of benzene rings is 2. The van der Waals surface area contributed by atoms with Gasteiger partial charge in [-0.1, -0.05) is 12.1 Å². The fourth-order valence-corrected chi connectivity index (χ4v) is 8.28. The van der Waals surface area contributed by atoms with E-state index in [4.69, 9.17) is 38.3 Å². The standard InChI is InChI=1S/C47H66N6O10S2/c1-6-8-10-12-24-62-44-28-37(46(54)52-40-31-38(48)30-39(49)32-40)29-45(63-25-13-11-9-7-2)42(44)33-51-47(55)41-20-15-21-43(36(41)5)53(23-17-27-65(59,60)61)35(4)19-14-18-34(3)50-22-16-26-64(56,57)58/h1-2,14-15,18-21,28-29,38-40H,8-13,16-17,22-27,30-33,48-49H2,3-5H3,(H,51,55)(H,52,54)(H,56,57,58)(H,59,60,61)/b18-14+,35-19+,50-34-/t38-,39+,40-. The molecular weight excluding hydrogens is 873 g/mol. The Morgan fingerprint density at radius 2 is 1.46 bits per heavy atom. The van der Waals surface area contributed by atoms with Crippen molar-refractivity contribution in [1.82, 2.24) is 10.6 Å². The lowest BCUT2D eigenvalue weighted by atomic mass is 9.88. The number of hydrogen-bond donors (Lipinski definition) is 6. The highest BCUT2D eigenvalue weighted by Crippen LogP contribution is 2.33. The van der Waals surface area contributed by atoms with Crippen LogP contribution in [0.4, 0.5) is 5.69 Å². The summed E-state index contributed by atoms with van der Waals surface area (Å²) in [7, 11) is -8.32. The number of amides is 2. The van der Waals surface area contributed by atoms with Crippen molar-refractivity contribution in [2.75, 3.05) is 42.7 Å². The SMILES string of the molecule is C#CCCCCOc1cc(C(=O)N[C@@H]2C[C@H](N)C[C@H](N)C2)cc(OCCCCC#C)c1CNC(=O)c1cccc(N(CCCS(=O)(=O)O)/C(C)=C/C=C/C(C)=N\CCCS(=O)(=O)O)c1C. The van der Waals surface area contributed by atoms with Gasteiger partial charge in [-0.25, -0.2) is 0 Å². The van der Waals surface area contributed by atoms with Crippen molar-refractivity contribution in [1.29, 1.82) is 0 Å². The third-order valence-corrected chi connectivity index (χ3v) is 12.2. The molecule has 3 atom stereocenters. The zero-order valence-corrected chi connectivity index (χ0v) is 39.4. The number of anilines is 1. The normalized spacial score (nSPS) is 17.0. The number of nitrogens with one attached hydrogen (secondary N) is 2. The molecule has 18 heteroatoms. The van der Waals surface area contributed by atoms with Crippen molar-refractivity contribution in [2.45, 2.75) is 116 Å². The van der Waals surface area contributed by atoms with Gasteiger partial charge in [0.2, 0.25) is 0 Å². The fraction of sp³-hybridized carbons (Fsp3) is 0.511. The predicted molar refractivity (Wildman–Crippen MR) is 256 cm³/mol. The monoisotopic (exact) mass is 938 g/mol. The summed E-state index contributed by atoms with van der Waals surface area (Å²) in [5.74, 6) is 4.34. The Morgan fingerprint density at radius 1 is 0.877 bits per heavy atom. The predicted octanol–water partition coefficient (Wildman–Crippen LogP) is 5.51. The van der Waals surface area contributed by atoms with Crippen LogP contribution in [0.1, 0.15) is 116 Å². The number of nitrogens with two attached hydrogens (primary N) is 2. The van der Waals surface area contributed by atoms with Crippen molar-refractivity contribution in [3.63, 3.8) is 0 Å². The van der Waals surface area contributed by atoms with Gasteiger partial charge < -0.3 is 36.5 Å². The molecule has 8 N–H and O–H groups in total. The van der Waals surface area contributed by atoms with E-state index in [-0.39, 0.29) is 56.5 Å². The number of hydrogen-bond acceptors (Lipinski definition) is 12. The van der Waals surface area contributed by atoms with Crippen LogP contribution in [-0.4, -0.2) is 99.4 Å². The molecule has 1 aliphatic carbocycles. The fourth-order valence-electron chi connectivity index (χ4n) is 7.29. The van der Waals surface area contributed by atoms with E-state index in [1.807, 2.05) is 11.8 Å². The molecule has 0 radical (unpaired) electrons. The molecule has 2 amide bonds. The van der Waals surface area contributed by atoms with Gasteiger partial charge in [0.1, 0.15) is 11.5 Å². The maximum Gasteiger partial charge on any atom is 0.264 e. The summed E-state index contributed by atoms with van der Waals surface area (Å²) in [5.41, 5.74) is 16.1. The van der Waals surface area contributed by atoms with Crippen molar-refractivity contribution < 1.29 is 45.0 Å². The molecule has 1 fully saturated rings. The second-order valence-electron chi connectivity index (χ2n) is 16.1. The van der Waals surface area contributed by atoms with Crippen LogP contribution in [0.2, 0.25) is 0 Å². The lowest BCUT2D eigenvalue weighted by Crippen LogP contribution is -2.49. The second kappa shape index (κ2) is 27.3. The summed E-state index contributed by atoms with van der Waals surface area (Å²) in [6.07, 6.45) is 22.2. The first-order valence-electron chi connectivity index (χ1n) is 21.8. The molecule has 1 aliphatic rings. The van der Waals surface area contributed by atoms with Crippen LogP contribution >= 0.6 is 0 Å². The van der Waals surface area contributed by atoms with Crippen LogP contribution < -0.4 is 36.5 Å². The quantitative estimate of drug-likeness (QED) is 0.0213. The Kier molecular flexibility index (Phi) is 22.7. The molecule has 65 heavy (non-hydrogen) atoms. The zero-order valence-electron chi connectivity index (χ0n) is 37.8. The molecule has 0 unspecified atom stereocenters. The molecule has 0 aromatic heterocycles. The van der Waals surface area contributed by atoms with E-state index in [2.05, 4.69) is 27.5 Å². The second-order valence-corrected chi connectivity index (χ2v) is 19.3. The number of ether oxygens (including phenoxy) is 2. The van der Waals surface area contributed by atoms with Gasteiger partial charge in [0, 0.05) is 72.3 Å². The van der Waals surface area contributed by atoms with E-state index in [0.717, 1.165) is 12.8 Å². The third kappa shape index (κ3) is 20.2. The average molecular weight is 939 g/mol. The third-order valence-electron chi connectivity index (χ3n) is 10.6. The van der Waals surface area contributed by atoms with Crippen LogP contribution in [0.3, 0.4) is 0 Å². The van der Waals surface area contributed by atoms with E-state index in [0.29, 0.717) is 109 Å². The number of aliphatic imine (C=N–C) groups is 1. The van der Waals surface area contributed by atoms with Crippen LogP contribution in [-0.2, 0) is 26.8 Å². The minimum Gasteiger partial charge on any atom is -0.493 e. The maximum absolute atomic E-state index is 14.1. The number of carbonyl (C=O) groups excluding carboxylic acids is 2. The average Bonchev–Trinajstić information content (AvgIpc) is 3.22. The van der Waals surface area contributed by atoms with Crippen molar-refractivity contribution in [3.05, 3.63) is 76.5 Å². The summed E-state index contributed by atoms with van der Waals surface area (Å²) >= 11 is 0. The maximum atomic E-state index is 14.1. The highest BCUT2D eigenvalue weighted by molar-refractivity contribution is 7.86. The number of terminal acetylenes is 2. The number of allylic oxidation sites excluding steroid dienone is 4. The molecule has 0 bridgehead atoms.